The molecule has 0 bridgehead atoms. The minimum absolute atomic E-state index is 0.805. The van der Waals surface area contributed by atoms with Crippen LogP contribution in [0.25, 0.3) is 0 Å². The molecule has 1 rings (SSSR count). The fourth-order valence-corrected chi connectivity index (χ4v) is 1.83. The van der Waals surface area contributed by atoms with Crippen LogP contribution in [0.15, 0.2) is 0 Å². The molecule has 0 saturated carbocycles. The standard InChI is InChI=1S/C12H25N5/c1-5-7-10-11(13)12(17(4)15-10)14-8-6-9-16(2)3/h14H,5-9,13H2,1-4H3. The van der Waals surface area contributed by atoms with Gasteiger partial charge in [-0.15, -0.1) is 0 Å². The summed E-state index contributed by atoms with van der Waals surface area (Å²) in [5.74, 6) is 0.951. The van der Waals surface area contributed by atoms with E-state index >= 15 is 0 Å². The zero-order valence-corrected chi connectivity index (χ0v) is 11.5. The van der Waals surface area contributed by atoms with Crippen molar-refractivity contribution in [1.29, 1.82) is 0 Å². The van der Waals surface area contributed by atoms with Gasteiger partial charge in [0, 0.05) is 13.6 Å². The van der Waals surface area contributed by atoms with Crippen LogP contribution in [0.1, 0.15) is 25.5 Å². The van der Waals surface area contributed by atoms with Crippen molar-refractivity contribution < 1.29 is 0 Å². The lowest BCUT2D eigenvalue weighted by Gasteiger charge is -2.11. The Morgan fingerprint density at radius 3 is 2.71 bits per heavy atom. The van der Waals surface area contributed by atoms with Crippen LogP contribution in [0.4, 0.5) is 11.5 Å². The Bertz CT molecular complexity index is 343. The molecule has 1 heterocycles. The van der Waals surface area contributed by atoms with Crippen molar-refractivity contribution in [2.24, 2.45) is 7.05 Å². The summed E-state index contributed by atoms with van der Waals surface area (Å²) < 4.78 is 1.84. The molecule has 0 amide bonds. The minimum Gasteiger partial charge on any atom is -0.394 e. The number of nitrogen functional groups attached to an aromatic ring is 1. The summed E-state index contributed by atoms with van der Waals surface area (Å²) in [6, 6.07) is 0. The fourth-order valence-electron chi connectivity index (χ4n) is 1.83. The van der Waals surface area contributed by atoms with E-state index in [9.17, 15) is 0 Å². The lowest BCUT2D eigenvalue weighted by atomic mass is 10.2. The molecule has 17 heavy (non-hydrogen) atoms. The average molecular weight is 239 g/mol. The van der Waals surface area contributed by atoms with Crippen molar-refractivity contribution >= 4 is 11.5 Å². The van der Waals surface area contributed by atoms with E-state index in [0.717, 1.165) is 49.6 Å². The molecule has 98 valence electrons. The summed E-state index contributed by atoms with van der Waals surface area (Å²) in [4.78, 5) is 2.18. The molecule has 0 aliphatic carbocycles. The van der Waals surface area contributed by atoms with Crippen LogP contribution < -0.4 is 11.1 Å². The molecule has 0 unspecified atom stereocenters. The highest BCUT2D eigenvalue weighted by atomic mass is 15.3. The van der Waals surface area contributed by atoms with E-state index in [1.807, 2.05) is 11.7 Å². The first kappa shape index (κ1) is 13.8. The molecule has 0 radical (unpaired) electrons. The number of nitrogens with two attached hydrogens (primary N) is 1. The Kier molecular flexibility index (Phi) is 5.28. The third-order valence-corrected chi connectivity index (χ3v) is 2.72. The van der Waals surface area contributed by atoms with Gasteiger partial charge in [-0.25, -0.2) is 0 Å². The second-order valence-electron chi connectivity index (χ2n) is 4.67. The summed E-state index contributed by atoms with van der Waals surface area (Å²) >= 11 is 0. The van der Waals surface area contributed by atoms with Gasteiger partial charge in [0.25, 0.3) is 0 Å². The average Bonchev–Trinajstić information content (AvgIpc) is 2.51. The molecule has 1 aromatic rings. The molecule has 0 saturated heterocycles. The molecule has 0 aliphatic heterocycles. The first-order valence-electron chi connectivity index (χ1n) is 6.26. The first-order valence-corrected chi connectivity index (χ1v) is 6.26. The third kappa shape index (κ3) is 3.93. The summed E-state index contributed by atoms with van der Waals surface area (Å²) in [6.07, 6.45) is 3.11. The first-order chi connectivity index (χ1) is 8.06. The van der Waals surface area contributed by atoms with Crippen molar-refractivity contribution in [2.45, 2.75) is 26.2 Å². The van der Waals surface area contributed by atoms with Crippen molar-refractivity contribution in [3.05, 3.63) is 5.69 Å². The Hall–Kier alpha value is -1.23. The van der Waals surface area contributed by atoms with E-state index in [1.165, 1.54) is 0 Å². The molecule has 0 aromatic carbocycles. The fraction of sp³-hybridized carbons (Fsp3) is 0.750. The zero-order valence-electron chi connectivity index (χ0n) is 11.5. The van der Waals surface area contributed by atoms with Gasteiger partial charge in [0.05, 0.1) is 11.4 Å². The molecule has 3 N–H and O–H groups in total. The molecule has 0 aliphatic rings. The van der Waals surface area contributed by atoms with Gasteiger partial charge in [0.15, 0.2) is 0 Å². The minimum atomic E-state index is 0.805. The molecule has 5 heteroatoms. The van der Waals surface area contributed by atoms with Gasteiger partial charge in [-0.2, -0.15) is 5.10 Å². The van der Waals surface area contributed by atoms with Crippen LogP contribution in [-0.2, 0) is 13.5 Å². The van der Waals surface area contributed by atoms with Gasteiger partial charge >= 0.3 is 0 Å². The Labute approximate surface area is 104 Å². The molecular weight excluding hydrogens is 214 g/mol. The number of anilines is 2. The largest absolute Gasteiger partial charge is 0.394 e. The van der Waals surface area contributed by atoms with Crippen molar-refractivity contribution in [3.8, 4) is 0 Å². The molecule has 0 fully saturated rings. The predicted molar refractivity (Wildman–Crippen MR) is 73.3 cm³/mol. The normalized spacial score (nSPS) is 11.1. The Balaban J connectivity index is 2.52. The highest BCUT2D eigenvalue weighted by Crippen LogP contribution is 2.22. The smallest absolute Gasteiger partial charge is 0.147 e. The van der Waals surface area contributed by atoms with Gasteiger partial charge in [-0.3, -0.25) is 4.68 Å². The number of nitrogens with zero attached hydrogens (tertiary/aromatic N) is 3. The molecule has 5 nitrogen and oxygen atoms in total. The second kappa shape index (κ2) is 6.49. The highest BCUT2D eigenvalue weighted by molar-refractivity contribution is 5.64. The SMILES string of the molecule is CCCc1nn(C)c(NCCCN(C)C)c1N. The number of rotatable bonds is 7. The second-order valence-corrected chi connectivity index (χ2v) is 4.67. The van der Waals surface area contributed by atoms with Crippen LogP contribution in [0.5, 0.6) is 0 Å². The molecule has 0 atom stereocenters. The Morgan fingerprint density at radius 1 is 1.41 bits per heavy atom. The van der Waals surface area contributed by atoms with E-state index < -0.39 is 0 Å². The summed E-state index contributed by atoms with van der Waals surface area (Å²) in [5, 5.41) is 7.80. The van der Waals surface area contributed by atoms with Crippen molar-refractivity contribution in [2.75, 3.05) is 38.2 Å². The third-order valence-electron chi connectivity index (χ3n) is 2.72. The van der Waals surface area contributed by atoms with Gasteiger partial charge in [0.1, 0.15) is 5.82 Å². The number of nitrogens with one attached hydrogen (secondary N) is 1. The number of aromatic nitrogens is 2. The van der Waals surface area contributed by atoms with Crippen LogP contribution >= 0.6 is 0 Å². The van der Waals surface area contributed by atoms with E-state index in [4.69, 9.17) is 5.73 Å². The summed E-state index contributed by atoms with van der Waals surface area (Å²) in [7, 11) is 6.10. The maximum Gasteiger partial charge on any atom is 0.147 e. The highest BCUT2D eigenvalue weighted by Gasteiger charge is 2.11. The van der Waals surface area contributed by atoms with Crippen LogP contribution in [0, 0.1) is 0 Å². The van der Waals surface area contributed by atoms with Crippen LogP contribution in [0.3, 0.4) is 0 Å². The zero-order chi connectivity index (χ0) is 12.8. The summed E-state index contributed by atoms with van der Waals surface area (Å²) in [6.45, 7) is 4.14. The number of hydrogen-bond acceptors (Lipinski definition) is 4. The molecule has 1 aromatic heterocycles. The van der Waals surface area contributed by atoms with Gasteiger partial charge in [0.2, 0.25) is 0 Å². The van der Waals surface area contributed by atoms with Crippen molar-refractivity contribution in [1.82, 2.24) is 14.7 Å². The Morgan fingerprint density at radius 2 is 2.12 bits per heavy atom. The topological polar surface area (TPSA) is 59.1 Å². The van der Waals surface area contributed by atoms with Crippen molar-refractivity contribution in [3.63, 3.8) is 0 Å². The van der Waals surface area contributed by atoms with Gasteiger partial charge in [-0.05, 0) is 33.5 Å². The molecule has 0 spiro atoms. The lowest BCUT2D eigenvalue weighted by Crippen LogP contribution is -2.17. The van der Waals surface area contributed by atoms with E-state index in [0.29, 0.717) is 0 Å². The number of aryl methyl sites for hydroxylation is 2. The maximum atomic E-state index is 6.08. The van der Waals surface area contributed by atoms with Crippen LogP contribution in [0.2, 0.25) is 0 Å². The van der Waals surface area contributed by atoms with E-state index in [2.05, 4.69) is 36.3 Å². The number of hydrogen-bond donors (Lipinski definition) is 2. The summed E-state index contributed by atoms with van der Waals surface area (Å²) in [5.41, 5.74) is 7.89. The molecular formula is C12H25N5. The van der Waals surface area contributed by atoms with Gasteiger partial charge < -0.3 is 16.0 Å². The predicted octanol–water partition coefficient (Wildman–Crippen LogP) is 1.32. The lowest BCUT2D eigenvalue weighted by molar-refractivity contribution is 0.405. The van der Waals surface area contributed by atoms with E-state index in [-0.39, 0.29) is 0 Å². The quantitative estimate of drug-likeness (QED) is 0.705. The van der Waals surface area contributed by atoms with Gasteiger partial charge in [-0.1, -0.05) is 13.3 Å². The van der Waals surface area contributed by atoms with E-state index in [1.54, 1.807) is 0 Å². The maximum absolute atomic E-state index is 6.08. The van der Waals surface area contributed by atoms with Crippen LogP contribution in [-0.4, -0.2) is 41.9 Å². The monoisotopic (exact) mass is 239 g/mol.